The lowest BCUT2D eigenvalue weighted by atomic mass is 10.2. The van der Waals surface area contributed by atoms with Crippen LogP contribution in [0.4, 0.5) is 5.13 Å². The van der Waals surface area contributed by atoms with E-state index in [1.807, 2.05) is 0 Å². The van der Waals surface area contributed by atoms with Crippen LogP contribution in [-0.4, -0.2) is 79.1 Å². The molecule has 7 heteroatoms. The summed E-state index contributed by atoms with van der Waals surface area (Å²) in [4.78, 5) is 17.3. The molecule has 0 radical (unpaired) electrons. The van der Waals surface area contributed by atoms with Crippen molar-refractivity contribution in [1.29, 1.82) is 0 Å². The smallest absolute Gasteiger partial charge is 0.193 e. The van der Waals surface area contributed by atoms with Gasteiger partial charge in [0.2, 0.25) is 0 Å². The van der Waals surface area contributed by atoms with E-state index in [2.05, 4.69) is 32.3 Å². The Labute approximate surface area is 167 Å². The Kier molecular flexibility index (Phi) is 6.50. The maximum Gasteiger partial charge on any atom is 0.193 e. The van der Waals surface area contributed by atoms with E-state index in [0.29, 0.717) is 0 Å². The third kappa shape index (κ3) is 4.74. The van der Waals surface area contributed by atoms with Crippen LogP contribution in [0.25, 0.3) is 0 Å². The van der Waals surface area contributed by atoms with Gasteiger partial charge in [-0.3, -0.25) is 9.89 Å². The van der Waals surface area contributed by atoms with Gasteiger partial charge < -0.3 is 15.1 Å². The summed E-state index contributed by atoms with van der Waals surface area (Å²) in [6.45, 7) is 11.1. The second-order valence-electron chi connectivity index (χ2n) is 7.93. The van der Waals surface area contributed by atoms with Gasteiger partial charge in [-0.25, -0.2) is 4.98 Å². The van der Waals surface area contributed by atoms with Gasteiger partial charge in [0.15, 0.2) is 11.1 Å². The predicted octanol–water partition coefficient (Wildman–Crippen LogP) is 2.42. The molecule has 0 aliphatic carbocycles. The predicted molar refractivity (Wildman–Crippen MR) is 114 cm³/mol. The van der Waals surface area contributed by atoms with E-state index >= 15 is 0 Å². The van der Waals surface area contributed by atoms with Gasteiger partial charge in [0.25, 0.3) is 0 Å². The first kappa shape index (κ1) is 19.0. The Hall–Kier alpha value is -1.34. The summed E-state index contributed by atoms with van der Waals surface area (Å²) in [6.07, 6.45) is 7.56. The second kappa shape index (κ2) is 9.24. The summed E-state index contributed by atoms with van der Waals surface area (Å²) < 4.78 is 0. The number of likely N-dealkylation sites (tertiary alicyclic amines) is 2. The molecule has 1 aromatic heterocycles. The third-order valence-corrected chi connectivity index (χ3v) is 6.95. The van der Waals surface area contributed by atoms with Gasteiger partial charge in [0.1, 0.15) is 0 Å². The molecule has 3 fully saturated rings. The van der Waals surface area contributed by atoms with Gasteiger partial charge in [-0.1, -0.05) is 0 Å². The van der Waals surface area contributed by atoms with Crippen molar-refractivity contribution in [2.75, 3.05) is 57.3 Å². The molecule has 0 bridgehead atoms. The number of nitrogens with zero attached hydrogens (tertiary/aromatic N) is 5. The Morgan fingerprint density at radius 3 is 2.74 bits per heavy atom. The highest BCUT2D eigenvalue weighted by atomic mass is 32.1. The Balaban J connectivity index is 1.30. The number of aliphatic imine (C=N–C) groups is 1. The van der Waals surface area contributed by atoms with Crippen LogP contribution in [-0.2, 0) is 6.42 Å². The number of guanidine groups is 1. The quantitative estimate of drug-likeness (QED) is 0.597. The number of nitrogens with one attached hydrogen (secondary N) is 1. The minimum atomic E-state index is 0.720. The zero-order valence-corrected chi connectivity index (χ0v) is 17.5. The van der Waals surface area contributed by atoms with E-state index in [9.17, 15) is 0 Å². The van der Waals surface area contributed by atoms with Crippen LogP contribution < -0.4 is 10.2 Å². The standard InChI is InChI=1S/C20H34N6S/c1-2-21-19(26-14-8-18(15-26)24-10-3-4-11-24)22-9-7-17-16-27-20(23-17)25-12-5-6-13-25/h16,18H,2-15H2,1H3,(H,21,22). The molecule has 1 aromatic rings. The molecule has 1 N–H and O–H groups in total. The number of hydrogen-bond acceptors (Lipinski definition) is 5. The fourth-order valence-electron chi connectivity index (χ4n) is 4.51. The molecule has 0 amide bonds. The SMILES string of the molecule is CCNC(=NCCc1csc(N2CCCC2)n1)N1CCC(N2CCCC2)C1. The molecular weight excluding hydrogens is 356 g/mol. The molecule has 150 valence electrons. The number of hydrogen-bond donors (Lipinski definition) is 1. The first-order valence-corrected chi connectivity index (χ1v) is 11.7. The number of thiazole rings is 1. The highest BCUT2D eigenvalue weighted by molar-refractivity contribution is 7.13. The lowest BCUT2D eigenvalue weighted by molar-refractivity contribution is 0.249. The summed E-state index contributed by atoms with van der Waals surface area (Å²) in [5.41, 5.74) is 1.19. The summed E-state index contributed by atoms with van der Waals surface area (Å²) >= 11 is 1.79. The maximum absolute atomic E-state index is 4.92. The van der Waals surface area contributed by atoms with Crippen molar-refractivity contribution in [2.24, 2.45) is 4.99 Å². The van der Waals surface area contributed by atoms with E-state index in [4.69, 9.17) is 9.98 Å². The summed E-state index contributed by atoms with van der Waals surface area (Å²) in [6, 6.07) is 0.720. The minimum absolute atomic E-state index is 0.720. The fourth-order valence-corrected chi connectivity index (χ4v) is 5.42. The average molecular weight is 391 g/mol. The van der Waals surface area contributed by atoms with Crippen molar-refractivity contribution in [1.82, 2.24) is 20.1 Å². The van der Waals surface area contributed by atoms with Crippen LogP contribution in [0.5, 0.6) is 0 Å². The minimum Gasteiger partial charge on any atom is -0.357 e. The molecule has 6 nitrogen and oxygen atoms in total. The molecule has 1 atom stereocenters. The zero-order valence-electron chi connectivity index (χ0n) is 16.7. The molecule has 4 rings (SSSR count). The Bertz CT molecular complexity index is 618. The Morgan fingerprint density at radius 1 is 1.19 bits per heavy atom. The topological polar surface area (TPSA) is 47.0 Å². The van der Waals surface area contributed by atoms with Gasteiger partial charge >= 0.3 is 0 Å². The van der Waals surface area contributed by atoms with Gasteiger partial charge in [-0.2, -0.15) is 0 Å². The highest BCUT2D eigenvalue weighted by Crippen LogP contribution is 2.24. The zero-order chi connectivity index (χ0) is 18.5. The van der Waals surface area contributed by atoms with Crippen molar-refractivity contribution in [2.45, 2.75) is 51.5 Å². The van der Waals surface area contributed by atoms with E-state index < -0.39 is 0 Å². The largest absolute Gasteiger partial charge is 0.357 e. The van der Waals surface area contributed by atoms with Crippen molar-refractivity contribution in [3.8, 4) is 0 Å². The molecule has 3 saturated heterocycles. The lowest BCUT2D eigenvalue weighted by Crippen LogP contribution is -2.42. The normalized spacial score (nSPS) is 24.3. The van der Waals surface area contributed by atoms with E-state index in [1.165, 1.54) is 69.1 Å². The first-order chi connectivity index (χ1) is 13.3. The van der Waals surface area contributed by atoms with E-state index in [-0.39, 0.29) is 0 Å². The van der Waals surface area contributed by atoms with Crippen molar-refractivity contribution in [3.05, 3.63) is 11.1 Å². The molecule has 1 unspecified atom stereocenters. The second-order valence-corrected chi connectivity index (χ2v) is 8.77. The van der Waals surface area contributed by atoms with Crippen molar-refractivity contribution in [3.63, 3.8) is 0 Å². The first-order valence-electron chi connectivity index (χ1n) is 10.8. The van der Waals surface area contributed by atoms with Crippen molar-refractivity contribution >= 4 is 22.4 Å². The molecule has 4 heterocycles. The molecular formula is C20H34N6S. The molecule has 0 spiro atoms. The summed E-state index contributed by atoms with van der Waals surface area (Å²) in [5, 5.41) is 6.92. The highest BCUT2D eigenvalue weighted by Gasteiger charge is 2.30. The number of rotatable bonds is 6. The molecule has 3 aliphatic heterocycles. The van der Waals surface area contributed by atoms with Gasteiger partial charge in [0, 0.05) is 57.1 Å². The Morgan fingerprint density at radius 2 is 1.96 bits per heavy atom. The van der Waals surface area contributed by atoms with Gasteiger partial charge in [-0.05, 0) is 52.1 Å². The fraction of sp³-hybridized carbons (Fsp3) is 0.800. The lowest BCUT2D eigenvalue weighted by Gasteiger charge is -2.25. The maximum atomic E-state index is 4.92. The number of anilines is 1. The van der Waals surface area contributed by atoms with Crippen LogP contribution in [0.15, 0.2) is 10.4 Å². The van der Waals surface area contributed by atoms with Crippen LogP contribution in [0.2, 0.25) is 0 Å². The molecule has 3 aliphatic rings. The van der Waals surface area contributed by atoms with Crippen molar-refractivity contribution < 1.29 is 0 Å². The van der Waals surface area contributed by atoms with Crippen LogP contribution in [0, 0.1) is 0 Å². The molecule has 27 heavy (non-hydrogen) atoms. The average Bonchev–Trinajstić information content (AvgIpc) is 3.49. The number of aromatic nitrogens is 1. The van der Waals surface area contributed by atoms with Crippen LogP contribution in [0.3, 0.4) is 0 Å². The van der Waals surface area contributed by atoms with Crippen LogP contribution >= 0.6 is 11.3 Å². The monoisotopic (exact) mass is 390 g/mol. The molecule has 0 aromatic carbocycles. The summed E-state index contributed by atoms with van der Waals surface area (Å²) in [5.74, 6) is 1.09. The van der Waals surface area contributed by atoms with Gasteiger partial charge in [0.05, 0.1) is 5.69 Å². The van der Waals surface area contributed by atoms with E-state index in [0.717, 1.165) is 44.6 Å². The van der Waals surface area contributed by atoms with Gasteiger partial charge in [-0.15, -0.1) is 11.3 Å². The summed E-state index contributed by atoms with van der Waals surface area (Å²) in [7, 11) is 0. The third-order valence-electron chi connectivity index (χ3n) is 6.00. The van der Waals surface area contributed by atoms with E-state index in [1.54, 1.807) is 11.3 Å². The van der Waals surface area contributed by atoms with Crippen LogP contribution in [0.1, 0.15) is 44.7 Å². The molecule has 0 saturated carbocycles.